The Hall–Kier alpha value is -2.06. The number of ether oxygens (including phenoxy) is 1. The van der Waals surface area contributed by atoms with Crippen molar-refractivity contribution in [1.29, 1.82) is 0 Å². The van der Waals surface area contributed by atoms with Crippen molar-refractivity contribution in [3.8, 4) is 5.69 Å². The Balaban J connectivity index is 1.44. The zero-order chi connectivity index (χ0) is 24.1. The Morgan fingerprint density at radius 1 is 1.06 bits per heavy atom. The van der Waals surface area contributed by atoms with Crippen molar-refractivity contribution < 1.29 is 9.53 Å². The molecule has 1 aromatic heterocycles. The van der Waals surface area contributed by atoms with Gasteiger partial charge < -0.3 is 9.64 Å². The van der Waals surface area contributed by atoms with Crippen molar-refractivity contribution in [2.75, 3.05) is 18.8 Å². The number of carbonyl (C=O) groups excluding carboxylic acids is 1. The number of nitrogens with zero attached hydrogens (tertiary/aromatic N) is 4. The van der Waals surface area contributed by atoms with Crippen molar-refractivity contribution in [3.63, 3.8) is 0 Å². The molecule has 1 aliphatic rings. The molecular formula is C25H28Cl2N4O2S. The lowest BCUT2D eigenvalue weighted by molar-refractivity contribution is -0.143. The van der Waals surface area contributed by atoms with E-state index < -0.39 is 0 Å². The fourth-order valence-corrected chi connectivity index (χ4v) is 5.30. The SMILES string of the molecule is C[C@@H]1CN(C(=O)CCCSc2nnc(Cc3ccccc3)n2-c2ccc(Cl)c(Cl)c2)C[C@@H](C)O1. The van der Waals surface area contributed by atoms with Crippen molar-refractivity contribution in [2.24, 2.45) is 0 Å². The van der Waals surface area contributed by atoms with Crippen molar-refractivity contribution in [1.82, 2.24) is 19.7 Å². The maximum Gasteiger partial charge on any atom is 0.222 e. The summed E-state index contributed by atoms with van der Waals surface area (Å²) in [6.07, 6.45) is 2.06. The molecule has 1 amide bonds. The van der Waals surface area contributed by atoms with Gasteiger partial charge in [0, 0.05) is 31.7 Å². The number of hydrogen-bond acceptors (Lipinski definition) is 5. The molecule has 34 heavy (non-hydrogen) atoms. The van der Waals surface area contributed by atoms with Gasteiger partial charge in [0.15, 0.2) is 5.16 Å². The molecule has 0 unspecified atom stereocenters. The van der Waals surface area contributed by atoms with Crippen molar-refractivity contribution in [3.05, 3.63) is 70.0 Å². The van der Waals surface area contributed by atoms with Gasteiger partial charge in [0.25, 0.3) is 0 Å². The van der Waals surface area contributed by atoms with E-state index in [1.165, 1.54) is 0 Å². The summed E-state index contributed by atoms with van der Waals surface area (Å²) < 4.78 is 7.75. The number of morpholine rings is 1. The molecule has 2 heterocycles. The van der Waals surface area contributed by atoms with Gasteiger partial charge in [0.1, 0.15) is 5.82 Å². The van der Waals surface area contributed by atoms with Crippen LogP contribution < -0.4 is 0 Å². The van der Waals surface area contributed by atoms with Gasteiger partial charge in [-0.1, -0.05) is 65.3 Å². The maximum atomic E-state index is 12.7. The molecule has 1 aliphatic heterocycles. The van der Waals surface area contributed by atoms with Crippen LogP contribution in [0.1, 0.15) is 38.1 Å². The molecule has 3 aromatic rings. The van der Waals surface area contributed by atoms with E-state index >= 15 is 0 Å². The zero-order valence-electron chi connectivity index (χ0n) is 19.3. The molecule has 4 rings (SSSR count). The number of amides is 1. The third-order valence-corrected chi connectivity index (χ3v) is 7.36. The second-order valence-electron chi connectivity index (χ2n) is 8.50. The minimum atomic E-state index is 0.0786. The highest BCUT2D eigenvalue weighted by molar-refractivity contribution is 7.99. The Labute approximate surface area is 214 Å². The summed E-state index contributed by atoms with van der Waals surface area (Å²) in [5.74, 6) is 1.75. The van der Waals surface area contributed by atoms with Crippen LogP contribution in [0.4, 0.5) is 0 Å². The minimum absolute atomic E-state index is 0.0786. The Morgan fingerprint density at radius 3 is 2.50 bits per heavy atom. The fraction of sp³-hybridized carbons (Fsp3) is 0.400. The minimum Gasteiger partial charge on any atom is -0.372 e. The van der Waals surface area contributed by atoms with Crippen LogP contribution in [0.5, 0.6) is 0 Å². The van der Waals surface area contributed by atoms with Gasteiger partial charge in [-0.3, -0.25) is 9.36 Å². The molecule has 0 aliphatic carbocycles. The van der Waals surface area contributed by atoms with Gasteiger partial charge in [0.05, 0.1) is 27.9 Å². The molecule has 1 saturated heterocycles. The first-order valence-electron chi connectivity index (χ1n) is 11.4. The monoisotopic (exact) mass is 518 g/mol. The predicted octanol–water partition coefficient (Wildman–Crippen LogP) is 5.67. The quantitative estimate of drug-likeness (QED) is 0.283. The van der Waals surface area contributed by atoms with E-state index in [1.807, 2.05) is 53.6 Å². The highest BCUT2D eigenvalue weighted by Gasteiger charge is 2.25. The molecule has 0 saturated carbocycles. The van der Waals surface area contributed by atoms with Crippen LogP contribution in [0.25, 0.3) is 5.69 Å². The number of carbonyl (C=O) groups is 1. The predicted molar refractivity (Wildman–Crippen MR) is 137 cm³/mol. The van der Waals surface area contributed by atoms with Crippen molar-refractivity contribution in [2.45, 2.75) is 50.5 Å². The zero-order valence-corrected chi connectivity index (χ0v) is 21.6. The summed E-state index contributed by atoms with van der Waals surface area (Å²) in [4.78, 5) is 14.6. The van der Waals surface area contributed by atoms with E-state index in [1.54, 1.807) is 17.8 Å². The molecule has 180 valence electrons. The Morgan fingerprint density at radius 2 is 1.79 bits per heavy atom. The molecule has 0 bridgehead atoms. The lowest BCUT2D eigenvalue weighted by atomic mass is 10.1. The van der Waals surface area contributed by atoms with Crippen LogP contribution >= 0.6 is 35.0 Å². The molecule has 0 N–H and O–H groups in total. The lowest BCUT2D eigenvalue weighted by Gasteiger charge is -2.35. The van der Waals surface area contributed by atoms with Gasteiger partial charge >= 0.3 is 0 Å². The number of rotatable bonds is 8. The van der Waals surface area contributed by atoms with Crippen LogP contribution in [0.3, 0.4) is 0 Å². The average Bonchev–Trinajstić information content (AvgIpc) is 3.20. The second kappa shape index (κ2) is 11.6. The highest BCUT2D eigenvalue weighted by Crippen LogP contribution is 2.29. The number of halogens is 2. The molecular weight excluding hydrogens is 491 g/mol. The summed E-state index contributed by atoms with van der Waals surface area (Å²) in [6, 6.07) is 15.7. The van der Waals surface area contributed by atoms with Crippen LogP contribution in [-0.2, 0) is 16.0 Å². The molecule has 2 atom stereocenters. The number of aromatic nitrogens is 3. The first kappa shape index (κ1) is 25.0. The molecule has 0 radical (unpaired) electrons. The molecule has 0 spiro atoms. The number of thioether (sulfide) groups is 1. The van der Waals surface area contributed by atoms with Crippen LogP contribution in [0, 0.1) is 0 Å². The molecule has 9 heteroatoms. The first-order valence-corrected chi connectivity index (χ1v) is 13.1. The van der Waals surface area contributed by atoms with E-state index in [4.69, 9.17) is 27.9 Å². The Bertz CT molecular complexity index is 1120. The maximum absolute atomic E-state index is 12.7. The average molecular weight is 519 g/mol. The number of benzene rings is 2. The summed E-state index contributed by atoms with van der Waals surface area (Å²) in [5, 5.41) is 10.7. The highest BCUT2D eigenvalue weighted by atomic mass is 35.5. The smallest absolute Gasteiger partial charge is 0.222 e. The van der Waals surface area contributed by atoms with Crippen molar-refractivity contribution >= 4 is 40.9 Å². The number of hydrogen-bond donors (Lipinski definition) is 0. The van der Waals surface area contributed by atoms with Gasteiger partial charge in [-0.15, -0.1) is 10.2 Å². The third-order valence-electron chi connectivity index (χ3n) is 5.61. The normalized spacial score (nSPS) is 18.3. The van der Waals surface area contributed by atoms with Gasteiger partial charge in [0.2, 0.25) is 5.91 Å². The Kier molecular flexibility index (Phi) is 8.53. The summed E-state index contributed by atoms with van der Waals surface area (Å²) in [5.41, 5.74) is 2.01. The summed E-state index contributed by atoms with van der Waals surface area (Å²) >= 11 is 14.0. The van der Waals surface area contributed by atoms with E-state index in [9.17, 15) is 4.79 Å². The van der Waals surface area contributed by atoms with Gasteiger partial charge in [-0.05, 0) is 44.0 Å². The largest absolute Gasteiger partial charge is 0.372 e. The van der Waals surface area contributed by atoms with E-state index in [-0.39, 0.29) is 18.1 Å². The van der Waals surface area contributed by atoms with Crippen LogP contribution in [-0.4, -0.2) is 56.6 Å². The van der Waals surface area contributed by atoms with E-state index in [0.29, 0.717) is 36.0 Å². The third kappa shape index (κ3) is 6.33. The topological polar surface area (TPSA) is 60.2 Å². The van der Waals surface area contributed by atoms with E-state index in [0.717, 1.165) is 34.4 Å². The van der Waals surface area contributed by atoms with E-state index in [2.05, 4.69) is 22.3 Å². The molecule has 6 nitrogen and oxygen atoms in total. The lowest BCUT2D eigenvalue weighted by Crippen LogP contribution is -2.48. The molecule has 1 fully saturated rings. The standard InChI is InChI=1S/C25H28Cl2N4O2S/c1-17-15-30(16-18(2)33-17)24(32)9-6-12-34-25-29-28-23(13-19-7-4-3-5-8-19)31(25)20-10-11-21(26)22(27)14-20/h3-5,7-8,10-11,14,17-18H,6,9,12-13,15-16H2,1-2H3/t17-,18-/m1/s1. The van der Waals surface area contributed by atoms with Crippen LogP contribution in [0.2, 0.25) is 10.0 Å². The first-order chi connectivity index (χ1) is 16.4. The molecule has 2 aromatic carbocycles. The van der Waals surface area contributed by atoms with Gasteiger partial charge in [-0.2, -0.15) is 0 Å². The second-order valence-corrected chi connectivity index (χ2v) is 10.4. The summed E-state index contributed by atoms with van der Waals surface area (Å²) in [7, 11) is 0. The van der Waals surface area contributed by atoms with Crippen LogP contribution in [0.15, 0.2) is 53.7 Å². The summed E-state index contributed by atoms with van der Waals surface area (Å²) in [6.45, 7) is 5.33. The van der Waals surface area contributed by atoms with Gasteiger partial charge in [-0.25, -0.2) is 0 Å². The fourth-order valence-electron chi connectivity index (χ4n) is 4.10.